The van der Waals surface area contributed by atoms with E-state index in [0.29, 0.717) is 33.4 Å². The van der Waals surface area contributed by atoms with Gasteiger partial charge in [-0.2, -0.15) is 0 Å². The number of aliphatic hydroxyl groups is 8. The largest absolute Gasteiger partial charge is 1.00 e. The predicted molar refractivity (Wildman–Crippen MR) is 294 cm³/mol. The first-order chi connectivity index (χ1) is 40.8. The molecule has 4 heterocycles. The molecule has 3 aromatic rings. The third-order valence-corrected chi connectivity index (χ3v) is 15.1. The Kier molecular flexibility index (Phi) is 27.3. The van der Waals surface area contributed by atoms with Gasteiger partial charge in [-0.1, -0.05) is 45.6 Å². The summed E-state index contributed by atoms with van der Waals surface area (Å²) in [6, 6.07) is -0.109. The van der Waals surface area contributed by atoms with Crippen molar-refractivity contribution in [2.45, 2.75) is 157 Å². The van der Waals surface area contributed by atoms with Crippen molar-refractivity contribution in [2.24, 2.45) is 11.7 Å². The van der Waals surface area contributed by atoms with Crippen molar-refractivity contribution in [3.8, 4) is 28.5 Å². The molecule has 0 aliphatic carbocycles. The van der Waals surface area contributed by atoms with Crippen LogP contribution in [0.5, 0.6) is 17.2 Å². The van der Waals surface area contributed by atoms with Crippen LogP contribution in [-0.4, -0.2) is 207 Å². The summed E-state index contributed by atoms with van der Waals surface area (Å²) in [7, 11) is 0. The Morgan fingerprint density at radius 2 is 1.48 bits per heavy atom. The minimum Gasteiger partial charge on any atom is -0.691 e. The van der Waals surface area contributed by atoms with Crippen molar-refractivity contribution >= 4 is 59.6 Å². The topological polar surface area (TPSA) is 484 Å². The zero-order chi connectivity index (χ0) is 63.1. The maximum absolute atomic E-state index is 14.7. The predicted octanol–water partition coefficient (Wildman–Crippen LogP) is -7.39. The smallest absolute Gasteiger partial charge is 0.691 e. The number of nitrogens with two attached hydrogens (primary N) is 1. The molecule has 15 unspecified atom stereocenters. The SMILES string of the molecule is CCCCCCCOc1ccc(-c2ccc(C(=O)NC3CC(O)C(O)NC(=O)C4C(O)C(C)CN4C(=O)C(C(O)CC(N)=O)NC(=O)C(C(O)C(O)c4ccc(O)c(OSOO[O-])c4)NC(=O)C4CC(O)CN4C(=O)C(C(C)O)NC3=O)cn2)cc1.[Na+]. The molecule has 3 saturated heterocycles. The average Bonchev–Trinajstić information content (AvgIpc) is 2.28. The van der Waals surface area contributed by atoms with Crippen LogP contribution in [0.3, 0.4) is 0 Å². The molecule has 87 heavy (non-hydrogen) atoms. The molecule has 3 fully saturated rings. The molecule has 2 aromatic carbocycles. The van der Waals surface area contributed by atoms with Crippen molar-refractivity contribution < 1.29 is 137 Å². The number of aromatic hydroxyl groups is 1. The summed E-state index contributed by atoms with van der Waals surface area (Å²) in [5.74, 6) is -12.2. The second kappa shape index (κ2) is 33.3. The third-order valence-electron chi connectivity index (χ3n) is 14.7. The van der Waals surface area contributed by atoms with Crippen LogP contribution in [0, 0.1) is 5.92 Å². The van der Waals surface area contributed by atoms with Gasteiger partial charge >= 0.3 is 29.6 Å². The molecular formula is C54H72N9NaO22S. The van der Waals surface area contributed by atoms with E-state index in [9.17, 15) is 89.6 Å². The monoisotopic (exact) mass is 1250 g/mol. The van der Waals surface area contributed by atoms with E-state index in [2.05, 4.69) is 42.5 Å². The number of carbonyl (C=O) groups is 8. The Labute approximate surface area is 524 Å². The fourth-order valence-electron chi connectivity index (χ4n) is 10.0. The quantitative estimate of drug-likeness (QED) is 0.0155. The number of primary amides is 1. The minimum atomic E-state index is -2.57. The number of ether oxygens (including phenoxy) is 1. The van der Waals surface area contributed by atoms with Gasteiger partial charge in [0.2, 0.25) is 41.4 Å². The molecule has 472 valence electrons. The zero-order valence-electron chi connectivity index (χ0n) is 47.9. The summed E-state index contributed by atoms with van der Waals surface area (Å²) in [5.41, 5.74) is 5.91. The summed E-state index contributed by atoms with van der Waals surface area (Å²) in [5, 5.41) is 126. The molecule has 31 nitrogen and oxygen atoms in total. The van der Waals surface area contributed by atoms with E-state index in [1.165, 1.54) is 25.3 Å². The number of aliphatic hydroxyl groups excluding tert-OH is 8. The van der Waals surface area contributed by atoms with Gasteiger partial charge in [0.25, 0.3) is 18.2 Å². The first kappa shape index (κ1) is 71.4. The number of carbonyl (C=O) groups excluding carboxylic acids is 8. The zero-order valence-corrected chi connectivity index (χ0v) is 50.7. The van der Waals surface area contributed by atoms with Gasteiger partial charge in [0.05, 0.1) is 48.7 Å². The van der Waals surface area contributed by atoms with Gasteiger partial charge < -0.3 is 102 Å². The van der Waals surface area contributed by atoms with Crippen LogP contribution < -0.4 is 76.1 Å². The summed E-state index contributed by atoms with van der Waals surface area (Å²) in [4.78, 5) is 119. The third kappa shape index (κ3) is 18.8. The van der Waals surface area contributed by atoms with Gasteiger partial charge in [-0.05, 0) is 67.4 Å². The molecule has 3 aliphatic rings. The number of amides is 8. The minimum absolute atomic E-state index is 0. The van der Waals surface area contributed by atoms with E-state index in [1.807, 2.05) is 5.32 Å². The summed E-state index contributed by atoms with van der Waals surface area (Å²) in [6.45, 7) is 3.88. The van der Waals surface area contributed by atoms with E-state index in [4.69, 9.17) is 14.7 Å². The van der Waals surface area contributed by atoms with Gasteiger partial charge in [-0.15, -0.1) is 4.33 Å². The van der Waals surface area contributed by atoms with Gasteiger partial charge in [0.1, 0.15) is 60.3 Å². The number of phenols is 1. The number of benzene rings is 2. The summed E-state index contributed by atoms with van der Waals surface area (Å²) in [6.07, 6.45) is -13.2. The van der Waals surface area contributed by atoms with Crippen LogP contribution in [0.4, 0.5) is 0 Å². The fourth-order valence-corrected chi connectivity index (χ4v) is 10.3. The summed E-state index contributed by atoms with van der Waals surface area (Å²) < 4.78 is 14.9. The van der Waals surface area contributed by atoms with Crippen molar-refractivity contribution in [2.75, 3.05) is 19.7 Å². The number of unbranched alkanes of at least 4 members (excludes halogenated alkanes) is 4. The van der Waals surface area contributed by atoms with Crippen molar-refractivity contribution in [1.29, 1.82) is 0 Å². The van der Waals surface area contributed by atoms with Crippen LogP contribution in [0.1, 0.15) is 94.2 Å². The molecule has 6 rings (SSSR count). The van der Waals surface area contributed by atoms with Crippen LogP contribution >= 0.6 is 12.3 Å². The molecule has 15 atom stereocenters. The standard InChI is InChI=1S/C54H73N9O22S.Na/c1-4-5-6-7-8-17-82-31-13-9-27(10-14-31)32-15-11-29(22-56-32)47(73)57-33-20-37(68)50(76)61-52(78)43-44(70)25(2)23-63(43)54(80)41(36(67)21-39(55)69)59-51(77)42(46(72)45(71)28-12-16-35(66)38(18-28)83-86-85-84-81)60-49(75)34-19-30(65)24-62(34)53(79)40(26(3)64)58-48(33)74;/h9-16,18,22,25-26,30,33-34,36-37,40-46,50,64-68,70-72,76,81H,4-8,17,19-21,23-24H2,1-3H3,(H2,55,69)(H,57,73)(H,58,74)(H,59,77)(H,60,75)(H,61,78);/q;+1/p-1. The van der Waals surface area contributed by atoms with E-state index >= 15 is 0 Å². The number of rotatable bonds is 21. The van der Waals surface area contributed by atoms with Crippen LogP contribution in [0.2, 0.25) is 0 Å². The number of aromatic nitrogens is 1. The molecule has 0 spiro atoms. The molecule has 0 saturated carbocycles. The molecule has 33 heteroatoms. The van der Waals surface area contributed by atoms with Gasteiger partial charge in [0, 0.05) is 43.6 Å². The molecular weight excluding hydrogens is 1180 g/mol. The number of phenolic OH excluding ortho intramolecular Hbond substituents is 1. The number of hydrogen-bond donors (Lipinski definition) is 15. The number of nitrogens with zero attached hydrogens (tertiary/aromatic N) is 3. The summed E-state index contributed by atoms with van der Waals surface area (Å²) >= 11 is -0.0973. The first-order valence-corrected chi connectivity index (χ1v) is 28.2. The molecule has 0 radical (unpaired) electrons. The molecule has 1 aromatic heterocycles. The maximum Gasteiger partial charge on any atom is 1.00 e. The van der Waals surface area contributed by atoms with E-state index in [0.717, 1.165) is 57.2 Å². The second-order valence-corrected chi connectivity index (χ2v) is 21.6. The fraction of sp³-hybridized carbons (Fsp3) is 0.537. The number of pyridine rings is 1. The van der Waals surface area contributed by atoms with Crippen molar-refractivity contribution in [3.05, 3.63) is 71.9 Å². The number of nitrogens with one attached hydrogen (secondary N) is 5. The Morgan fingerprint density at radius 3 is 2.13 bits per heavy atom. The van der Waals surface area contributed by atoms with Gasteiger partial charge in [-0.25, -0.2) is 0 Å². The van der Waals surface area contributed by atoms with Crippen LogP contribution in [0.15, 0.2) is 60.8 Å². The Hall–Kier alpha value is -6.34. The molecule has 8 amide bonds. The Balaban J connectivity index is 0.0000138. The van der Waals surface area contributed by atoms with E-state index in [-0.39, 0.29) is 53.0 Å². The number of fused-ring (bicyclic) bond motifs is 2. The van der Waals surface area contributed by atoms with Gasteiger partial charge in [-0.3, -0.25) is 48.4 Å². The Bertz CT molecular complexity index is 2850. The van der Waals surface area contributed by atoms with Crippen LogP contribution in [0.25, 0.3) is 11.3 Å². The number of hydrogen-bond acceptors (Lipinski definition) is 24. The molecule has 3 aliphatic heterocycles. The average molecular weight is 1250 g/mol. The van der Waals surface area contributed by atoms with E-state index in [1.54, 1.807) is 24.3 Å². The molecule has 0 bridgehead atoms. The maximum atomic E-state index is 14.7. The van der Waals surface area contributed by atoms with E-state index < -0.39 is 182 Å². The van der Waals surface area contributed by atoms with Crippen LogP contribution in [-0.2, 0) is 42.9 Å². The Morgan fingerprint density at radius 1 is 0.816 bits per heavy atom. The normalized spacial score (nSPS) is 26.5. The van der Waals surface area contributed by atoms with Crippen molar-refractivity contribution in [1.82, 2.24) is 41.4 Å². The first-order valence-electron chi connectivity index (χ1n) is 27.5. The second-order valence-electron chi connectivity index (χ2n) is 21.2. The van der Waals surface area contributed by atoms with Gasteiger partial charge in [0.15, 0.2) is 17.7 Å². The molecule has 16 N–H and O–H groups in total. The van der Waals surface area contributed by atoms with Crippen molar-refractivity contribution in [3.63, 3.8) is 0 Å².